The maximum absolute atomic E-state index is 12.6. The zero-order chi connectivity index (χ0) is 21.7. The molecule has 1 fully saturated rings. The van der Waals surface area contributed by atoms with Crippen molar-refractivity contribution < 1.29 is 27.5 Å². The molecule has 0 saturated carbocycles. The number of esters is 1. The van der Waals surface area contributed by atoms with Crippen molar-refractivity contribution in [1.82, 2.24) is 4.31 Å². The number of rotatable bonds is 7. The van der Waals surface area contributed by atoms with E-state index in [1.54, 1.807) is 24.3 Å². The smallest absolute Gasteiger partial charge is 0.338 e. The molecule has 3 rings (SSSR count). The van der Waals surface area contributed by atoms with Crippen molar-refractivity contribution in [3.8, 4) is 0 Å². The Bertz CT molecular complexity index is 1070. The Balaban J connectivity index is 1.64. The van der Waals surface area contributed by atoms with Crippen LogP contribution < -0.4 is 5.32 Å². The Morgan fingerprint density at radius 3 is 2.43 bits per heavy atom. The quantitative estimate of drug-likeness (QED) is 0.534. The number of carbonyl (C=O) groups excluding carboxylic acids is 3. The molecule has 1 amide bonds. The SMILES string of the molecule is CC(=O)c1ccccc1NC(=O)COC(=O)c1cccc(S(=O)(=O)N2CCCC2)c1. The number of anilines is 1. The maximum Gasteiger partial charge on any atom is 0.338 e. The van der Waals surface area contributed by atoms with Gasteiger partial charge >= 0.3 is 5.97 Å². The normalized spacial score (nSPS) is 14.3. The minimum atomic E-state index is -3.67. The third-order valence-electron chi connectivity index (χ3n) is 4.69. The lowest BCUT2D eigenvalue weighted by Crippen LogP contribution is -2.28. The van der Waals surface area contributed by atoms with Crippen LogP contribution in [0.1, 0.15) is 40.5 Å². The second kappa shape index (κ2) is 9.19. The van der Waals surface area contributed by atoms with E-state index in [1.165, 1.54) is 35.5 Å². The van der Waals surface area contributed by atoms with Gasteiger partial charge < -0.3 is 10.1 Å². The van der Waals surface area contributed by atoms with Crippen molar-refractivity contribution in [3.05, 3.63) is 59.7 Å². The van der Waals surface area contributed by atoms with Crippen molar-refractivity contribution >= 4 is 33.4 Å². The van der Waals surface area contributed by atoms with E-state index in [4.69, 9.17) is 4.74 Å². The van der Waals surface area contributed by atoms with E-state index in [9.17, 15) is 22.8 Å². The van der Waals surface area contributed by atoms with Crippen molar-refractivity contribution in [2.24, 2.45) is 0 Å². The number of amides is 1. The maximum atomic E-state index is 12.6. The molecule has 0 spiro atoms. The van der Waals surface area contributed by atoms with Gasteiger partial charge in [0.2, 0.25) is 10.0 Å². The first-order valence-electron chi connectivity index (χ1n) is 9.46. The predicted octanol–water partition coefficient (Wildman–Crippen LogP) is 2.47. The van der Waals surface area contributed by atoms with E-state index in [0.29, 0.717) is 24.3 Å². The fourth-order valence-electron chi connectivity index (χ4n) is 3.16. The number of sulfonamides is 1. The largest absolute Gasteiger partial charge is 0.452 e. The number of para-hydroxylation sites is 1. The lowest BCUT2D eigenvalue weighted by molar-refractivity contribution is -0.119. The van der Waals surface area contributed by atoms with E-state index < -0.39 is 28.5 Å². The van der Waals surface area contributed by atoms with Gasteiger partial charge in [0, 0.05) is 18.7 Å². The molecule has 0 atom stereocenters. The number of ketones is 1. The van der Waals surface area contributed by atoms with E-state index in [1.807, 2.05) is 0 Å². The summed E-state index contributed by atoms with van der Waals surface area (Å²) in [5.41, 5.74) is 0.703. The number of nitrogens with zero attached hydrogens (tertiary/aromatic N) is 1. The Labute approximate surface area is 174 Å². The van der Waals surface area contributed by atoms with Gasteiger partial charge in [-0.3, -0.25) is 9.59 Å². The van der Waals surface area contributed by atoms with Gasteiger partial charge in [0.25, 0.3) is 5.91 Å². The number of nitrogens with one attached hydrogen (secondary N) is 1. The Kier molecular flexibility index (Phi) is 6.63. The molecule has 9 heteroatoms. The lowest BCUT2D eigenvalue weighted by atomic mass is 10.1. The van der Waals surface area contributed by atoms with Gasteiger partial charge in [-0.25, -0.2) is 13.2 Å². The zero-order valence-electron chi connectivity index (χ0n) is 16.5. The average Bonchev–Trinajstić information content (AvgIpc) is 3.28. The summed E-state index contributed by atoms with van der Waals surface area (Å²) in [6.45, 7) is 1.72. The van der Waals surface area contributed by atoms with Crippen LogP contribution in [0.4, 0.5) is 5.69 Å². The summed E-state index contributed by atoms with van der Waals surface area (Å²) in [5, 5.41) is 2.53. The van der Waals surface area contributed by atoms with Crippen LogP contribution in [0, 0.1) is 0 Å². The fraction of sp³-hybridized carbons (Fsp3) is 0.286. The van der Waals surface area contributed by atoms with Crippen molar-refractivity contribution in [2.45, 2.75) is 24.7 Å². The molecule has 8 nitrogen and oxygen atoms in total. The second-order valence-corrected chi connectivity index (χ2v) is 8.80. The van der Waals surface area contributed by atoms with E-state index in [0.717, 1.165) is 12.8 Å². The van der Waals surface area contributed by atoms with Gasteiger partial charge in [-0.1, -0.05) is 18.2 Å². The molecule has 0 unspecified atom stereocenters. The highest BCUT2D eigenvalue weighted by Gasteiger charge is 2.27. The van der Waals surface area contributed by atoms with Crippen LogP contribution >= 0.6 is 0 Å². The van der Waals surface area contributed by atoms with Crippen LogP contribution in [0.5, 0.6) is 0 Å². The summed E-state index contributed by atoms with van der Waals surface area (Å²) in [5.74, 6) is -1.64. The third-order valence-corrected chi connectivity index (χ3v) is 6.58. The molecule has 0 radical (unpaired) electrons. The summed E-state index contributed by atoms with van der Waals surface area (Å²) < 4.78 is 31.7. The molecule has 0 bridgehead atoms. The Morgan fingerprint density at radius 1 is 1.03 bits per heavy atom. The molecule has 2 aromatic carbocycles. The minimum absolute atomic E-state index is 0.0127. The summed E-state index contributed by atoms with van der Waals surface area (Å²) >= 11 is 0. The first kappa shape index (κ1) is 21.7. The van der Waals surface area contributed by atoms with Gasteiger partial charge in [-0.15, -0.1) is 0 Å². The first-order chi connectivity index (χ1) is 14.3. The second-order valence-electron chi connectivity index (χ2n) is 6.87. The highest BCUT2D eigenvalue weighted by Crippen LogP contribution is 2.22. The van der Waals surface area contributed by atoms with Crippen LogP contribution in [-0.4, -0.2) is 50.1 Å². The van der Waals surface area contributed by atoms with Gasteiger partial charge in [0.1, 0.15) is 0 Å². The van der Waals surface area contributed by atoms with E-state index >= 15 is 0 Å². The van der Waals surface area contributed by atoms with Crippen molar-refractivity contribution in [1.29, 1.82) is 0 Å². The Hall–Kier alpha value is -3.04. The van der Waals surface area contributed by atoms with Crippen LogP contribution in [0.2, 0.25) is 0 Å². The lowest BCUT2D eigenvalue weighted by Gasteiger charge is -2.15. The zero-order valence-corrected chi connectivity index (χ0v) is 17.3. The molecule has 30 heavy (non-hydrogen) atoms. The molecule has 1 aliphatic heterocycles. The van der Waals surface area contributed by atoms with Crippen LogP contribution in [-0.2, 0) is 19.6 Å². The molecule has 1 heterocycles. The number of Topliss-reactive ketones (excluding diaryl/α,β-unsaturated/α-hetero) is 1. The van der Waals surface area contributed by atoms with Crippen molar-refractivity contribution in [2.75, 3.05) is 25.0 Å². The molecule has 2 aromatic rings. The third kappa shape index (κ3) is 4.92. The van der Waals surface area contributed by atoms with Crippen molar-refractivity contribution in [3.63, 3.8) is 0 Å². The molecule has 158 valence electrons. The molecule has 0 aliphatic carbocycles. The number of ether oxygens (including phenoxy) is 1. The summed E-state index contributed by atoms with van der Waals surface area (Å²) in [6, 6.07) is 12.1. The number of carbonyl (C=O) groups is 3. The van der Waals surface area contributed by atoms with Gasteiger partial charge in [0.05, 0.1) is 16.1 Å². The summed E-state index contributed by atoms with van der Waals surface area (Å²) in [7, 11) is -3.67. The molecule has 1 N–H and O–H groups in total. The number of benzene rings is 2. The molecular formula is C21H22N2O6S. The van der Waals surface area contributed by atoms with Gasteiger partial charge in [-0.2, -0.15) is 4.31 Å². The summed E-state index contributed by atoms with van der Waals surface area (Å²) in [6.07, 6.45) is 1.62. The molecule has 1 saturated heterocycles. The van der Waals surface area contributed by atoms with Gasteiger partial charge in [-0.05, 0) is 50.1 Å². The highest BCUT2D eigenvalue weighted by molar-refractivity contribution is 7.89. The topological polar surface area (TPSA) is 110 Å². The molecule has 0 aromatic heterocycles. The van der Waals surface area contributed by atoms with Crippen LogP contribution in [0.25, 0.3) is 0 Å². The van der Waals surface area contributed by atoms with Gasteiger partial charge in [0.15, 0.2) is 12.4 Å². The van der Waals surface area contributed by atoms with Crippen LogP contribution in [0.3, 0.4) is 0 Å². The first-order valence-corrected chi connectivity index (χ1v) is 10.9. The van der Waals surface area contributed by atoms with E-state index in [2.05, 4.69) is 5.32 Å². The predicted molar refractivity (Wildman–Crippen MR) is 110 cm³/mol. The minimum Gasteiger partial charge on any atom is -0.452 e. The number of hydrogen-bond acceptors (Lipinski definition) is 6. The monoisotopic (exact) mass is 430 g/mol. The molecule has 1 aliphatic rings. The Morgan fingerprint density at radius 2 is 1.73 bits per heavy atom. The number of hydrogen-bond donors (Lipinski definition) is 1. The van der Waals surface area contributed by atoms with E-state index in [-0.39, 0.29) is 16.2 Å². The van der Waals surface area contributed by atoms with Crippen LogP contribution in [0.15, 0.2) is 53.4 Å². The standard InChI is InChI=1S/C21H22N2O6S/c1-15(24)18-9-2-3-10-19(18)22-20(25)14-29-21(26)16-7-6-8-17(13-16)30(27,28)23-11-4-5-12-23/h2-3,6-10,13H,4-5,11-12,14H2,1H3,(H,22,25). The highest BCUT2D eigenvalue weighted by atomic mass is 32.2. The fourth-order valence-corrected chi connectivity index (χ4v) is 4.72. The molecular weight excluding hydrogens is 408 g/mol. The summed E-state index contributed by atoms with van der Waals surface area (Å²) in [4.78, 5) is 36.1. The average molecular weight is 430 g/mol.